The molecule has 0 N–H and O–H groups in total. The molecule has 0 radical (unpaired) electrons. The summed E-state index contributed by atoms with van der Waals surface area (Å²) in [6.07, 6.45) is -4.55. The number of hydrogen-bond acceptors (Lipinski definition) is 5. The van der Waals surface area contributed by atoms with Gasteiger partial charge in [0.05, 0.1) is 11.1 Å². The second kappa shape index (κ2) is 8.16. The molecule has 0 saturated carbocycles. The van der Waals surface area contributed by atoms with Crippen molar-refractivity contribution >= 4 is 17.5 Å². The van der Waals surface area contributed by atoms with E-state index in [-0.39, 0.29) is 25.4 Å². The Morgan fingerprint density at radius 3 is 2.50 bits per heavy atom. The summed E-state index contributed by atoms with van der Waals surface area (Å²) >= 11 is 0. The third-order valence-corrected chi connectivity index (χ3v) is 3.90. The van der Waals surface area contributed by atoms with Crippen LogP contribution >= 0.6 is 0 Å². The lowest BCUT2D eigenvalue weighted by Gasteiger charge is -2.10. The van der Waals surface area contributed by atoms with Gasteiger partial charge in [-0.2, -0.15) is 13.2 Å². The van der Waals surface area contributed by atoms with Crippen LogP contribution in [0, 0.1) is 0 Å². The summed E-state index contributed by atoms with van der Waals surface area (Å²) in [6, 6.07) is 12.8. The first-order valence-electron chi connectivity index (χ1n) is 8.29. The number of cyclic esters (lactones) is 1. The van der Waals surface area contributed by atoms with Crippen molar-refractivity contribution in [3.05, 3.63) is 77.0 Å². The van der Waals surface area contributed by atoms with Crippen LogP contribution < -0.4 is 0 Å². The van der Waals surface area contributed by atoms with Crippen molar-refractivity contribution in [1.82, 2.24) is 0 Å². The summed E-state index contributed by atoms with van der Waals surface area (Å²) in [4.78, 5) is 23.8. The molecule has 1 heterocycles. The standard InChI is InChI=1S/C20H15F3O5/c21-20(22,23)15-8-4-7-14(11-15)18(24)27-10-9-26-16-12-28-19(25)17(16)13-5-2-1-3-6-13/h1-8,11H,9-10,12H2. The fourth-order valence-corrected chi connectivity index (χ4v) is 2.59. The van der Waals surface area contributed by atoms with E-state index in [1.807, 2.05) is 0 Å². The van der Waals surface area contributed by atoms with Crippen molar-refractivity contribution in [2.45, 2.75) is 6.18 Å². The van der Waals surface area contributed by atoms with Crippen LogP contribution in [-0.4, -0.2) is 31.8 Å². The molecular formula is C20H15F3O5. The Bertz CT molecular complexity index is 904. The molecule has 0 bridgehead atoms. The van der Waals surface area contributed by atoms with Gasteiger partial charge in [0.1, 0.15) is 31.2 Å². The molecule has 0 atom stereocenters. The van der Waals surface area contributed by atoms with Gasteiger partial charge in [-0.05, 0) is 23.8 Å². The summed E-state index contributed by atoms with van der Waals surface area (Å²) in [6.45, 7) is -0.313. The quantitative estimate of drug-likeness (QED) is 0.552. The molecule has 146 valence electrons. The number of alkyl halides is 3. The summed E-state index contributed by atoms with van der Waals surface area (Å²) in [5, 5.41) is 0. The number of carbonyl (C=O) groups is 2. The van der Waals surface area contributed by atoms with Crippen LogP contribution in [0.25, 0.3) is 5.57 Å². The van der Waals surface area contributed by atoms with Crippen molar-refractivity contribution < 1.29 is 37.0 Å². The lowest BCUT2D eigenvalue weighted by molar-refractivity contribution is -0.137. The van der Waals surface area contributed by atoms with Crippen LogP contribution in [0.2, 0.25) is 0 Å². The molecule has 2 aromatic carbocycles. The third kappa shape index (κ3) is 4.51. The Balaban J connectivity index is 1.58. The van der Waals surface area contributed by atoms with Crippen LogP contribution in [0.15, 0.2) is 60.4 Å². The molecule has 0 spiro atoms. The molecule has 0 fully saturated rings. The third-order valence-electron chi connectivity index (χ3n) is 3.90. The maximum Gasteiger partial charge on any atom is 0.416 e. The van der Waals surface area contributed by atoms with Crippen LogP contribution in [0.3, 0.4) is 0 Å². The van der Waals surface area contributed by atoms with Crippen LogP contribution in [0.5, 0.6) is 0 Å². The molecule has 0 saturated heterocycles. The van der Waals surface area contributed by atoms with Gasteiger partial charge in [-0.1, -0.05) is 36.4 Å². The average molecular weight is 392 g/mol. The maximum atomic E-state index is 12.7. The number of rotatable bonds is 6. The monoisotopic (exact) mass is 392 g/mol. The van der Waals surface area contributed by atoms with E-state index in [1.54, 1.807) is 30.3 Å². The van der Waals surface area contributed by atoms with E-state index in [9.17, 15) is 22.8 Å². The molecule has 1 aliphatic heterocycles. The van der Waals surface area contributed by atoms with Gasteiger partial charge in [0.2, 0.25) is 0 Å². The highest BCUT2D eigenvalue weighted by Crippen LogP contribution is 2.30. The highest BCUT2D eigenvalue weighted by molar-refractivity contribution is 6.18. The van der Waals surface area contributed by atoms with Gasteiger partial charge in [0.25, 0.3) is 0 Å². The zero-order valence-electron chi connectivity index (χ0n) is 14.5. The molecule has 3 rings (SSSR count). The Hall–Kier alpha value is -3.29. The molecule has 8 heteroatoms. The topological polar surface area (TPSA) is 61.8 Å². The molecule has 0 aliphatic carbocycles. The van der Waals surface area contributed by atoms with Gasteiger partial charge in [0, 0.05) is 0 Å². The minimum Gasteiger partial charge on any atom is -0.490 e. The van der Waals surface area contributed by atoms with Crippen LogP contribution in [0.1, 0.15) is 21.5 Å². The molecule has 2 aromatic rings. The minimum atomic E-state index is -4.55. The molecule has 0 aromatic heterocycles. The predicted octanol–water partition coefficient (Wildman–Crippen LogP) is 3.85. The fraction of sp³-hybridized carbons (Fsp3) is 0.200. The Labute approximate surface area is 158 Å². The minimum absolute atomic E-state index is 0.0371. The smallest absolute Gasteiger partial charge is 0.416 e. The van der Waals surface area contributed by atoms with Crippen molar-refractivity contribution in [1.29, 1.82) is 0 Å². The van der Waals surface area contributed by atoms with Crippen LogP contribution in [-0.2, 0) is 25.2 Å². The molecule has 28 heavy (non-hydrogen) atoms. The van der Waals surface area contributed by atoms with Crippen molar-refractivity contribution in [2.75, 3.05) is 19.8 Å². The number of carbonyl (C=O) groups excluding carboxylic acids is 2. The fourth-order valence-electron chi connectivity index (χ4n) is 2.59. The van der Waals surface area contributed by atoms with Gasteiger partial charge in [0.15, 0.2) is 0 Å². The lowest BCUT2D eigenvalue weighted by Crippen LogP contribution is -2.13. The first-order chi connectivity index (χ1) is 13.4. The zero-order valence-corrected chi connectivity index (χ0v) is 14.5. The Morgan fingerprint density at radius 1 is 1.04 bits per heavy atom. The maximum absolute atomic E-state index is 12.7. The molecular weight excluding hydrogens is 377 g/mol. The number of halogens is 3. The van der Waals surface area contributed by atoms with E-state index < -0.39 is 23.7 Å². The van der Waals surface area contributed by atoms with Gasteiger partial charge in [-0.25, -0.2) is 9.59 Å². The second-order valence-electron chi connectivity index (χ2n) is 5.80. The highest BCUT2D eigenvalue weighted by atomic mass is 19.4. The van der Waals surface area contributed by atoms with Gasteiger partial charge in [-0.3, -0.25) is 0 Å². The largest absolute Gasteiger partial charge is 0.490 e. The zero-order chi connectivity index (χ0) is 20.1. The first kappa shape index (κ1) is 19.5. The van der Waals surface area contributed by atoms with E-state index in [2.05, 4.69) is 0 Å². The summed E-state index contributed by atoms with van der Waals surface area (Å²) in [5.41, 5.74) is -0.207. The van der Waals surface area contributed by atoms with E-state index in [4.69, 9.17) is 14.2 Å². The second-order valence-corrected chi connectivity index (χ2v) is 5.80. The number of hydrogen-bond donors (Lipinski definition) is 0. The van der Waals surface area contributed by atoms with Crippen molar-refractivity contribution in [2.24, 2.45) is 0 Å². The molecule has 0 amide bonds. The molecule has 1 aliphatic rings. The summed E-state index contributed by atoms with van der Waals surface area (Å²) in [5.74, 6) is -1.10. The first-order valence-corrected chi connectivity index (χ1v) is 8.29. The molecule has 5 nitrogen and oxygen atoms in total. The van der Waals surface area contributed by atoms with Gasteiger partial charge in [-0.15, -0.1) is 0 Å². The van der Waals surface area contributed by atoms with Crippen molar-refractivity contribution in [3.63, 3.8) is 0 Å². The number of esters is 2. The van der Waals surface area contributed by atoms with E-state index in [0.29, 0.717) is 16.9 Å². The summed E-state index contributed by atoms with van der Waals surface area (Å²) in [7, 11) is 0. The van der Waals surface area contributed by atoms with Gasteiger partial charge >= 0.3 is 18.1 Å². The average Bonchev–Trinajstić information content (AvgIpc) is 3.05. The van der Waals surface area contributed by atoms with E-state index in [1.165, 1.54) is 6.07 Å². The lowest BCUT2D eigenvalue weighted by atomic mass is 10.1. The SMILES string of the molecule is O=C1OCC(OCCOC(=O)c2cccc(C(F)(F)F)c2)=C1c1ccccc1. The van der Waals surface area contributed by atoms with E-state index in [0.717, 1.165) is 18.2 Å². The van der Waals surface area contributed by atoms with Crippen LogP contribution in [0.4, 0.5) is 13.2 Å². The van der Waals surface area contributed by atoms with E-state index >= 15 is 0 Å². The Kier molecular flexibility index (Phi) is 5.67. The predicted molar refractivity (Wildman–Crippen MR) is 92.0 cm³/mol. The summed E-state index contributed by atoms with van der Waals surface area (Å²) < 4.78 is 53.5. The van der Waals surface area contributed by atoms with Gasteiger partial charge < -0.3 is 14.2 Å². The van der Waals surface area contributed by atoms with Crippen molar-refractivity contribution in [3.8, 4) is 0 Å². The highest BCUT2D eigenvalue weighted by Gasteiger charge is 2.31. The normalized spacial score (nSPS) is 14.0. The Morgan fingerprint density at radius 2 is 1.79 bits per heavy atom. The number of benzene rings is 2. The number of ether oxygens (including phenoxy) is 3. The molecule has 0 unspecified atom stereocenters.